The van der Waals surface area contributed by atoms with Crippen molar-refractivity contribution < 1.29 is 31.1 Å². The van der Waals surface area contributed by atoms with Crippen molar-refractivity contribution in [3.05, 3.63) is 30.1 Å². The summed E-state index contributed by atoms with van der Waals surface area (Å²) >= 11 is 0. The lowest BCUT2D eigenvalue weighted by Crippen LogP contribution is -2.41. The van der Waals surface area contributed by atoms with Gasteiger partial charge in [-0.15, -0.1) is 0 Å². The molecule has 8 nitrogen and oxygen atoms in total. The summed E-state index contributed by atoms with van der Waals surface area (Å²) in [5.74, 6) is -2.44. The third-order valence-electron chi connectivity index (χ3n) is 3.36. The van der Waals surface area contributed by atoms with E-state index in [0.29, 0.717) is 6.42 Å². The van der Waals surface area contributed by atoms with Crippen molar-refractivity contribution in [2.24, 2.45) is 0 Å². The third kappa shape index (κ3) is 6.03. The van der Waals surface area contributed by atoms with Gasteiger partial charge in [-0.25, -0.2) is 21.2 Å². The minimum absolute atomic E-state index is 0.0308. The van der Waals surface area contributed by atoms with Crippen LogP contribution in [0.15, 0.2) is 29.2 Å². The SMILES string of the molecule is CCCN(CC(=O)O)S(=O)(=O)CCN(C)S(=O)(=O)c1ccc(F)cc1. The number of aliphatic carboxylic acids is 1. The zero-order valence-electron chi connectivity index (χ0n) is 13.9. The lowest BCUT2D eigenvalue weighted by molar-refractivity contribution is -0.137. The molecule has 0 spiro atoms. The highest BCUT2D eigenvalue weighted by atomic mass is 32.2. The van der Waals surface area contributed by atoms with Gasteiger partial charge in [0, 0.05) is 20.1 Å². The first-order valence-corrected chi connectivity index (χ1v) is 10.5. The predicted octanol–water partition coefficient (Wildman–Crippen LogP) is 0.573. The normalized spacial score (nSPS) is 12.7. The van der Waals surface area contributed by atoms with E-state index in [0.717, 1.165) is 32.9 Å². The van der Waals surface area contributed by atoms with Crippen LogP contribution in [0.25, 0.3) is 0 Å². The molecule has 11 heteroatoms. The molecule has 0 unspecified atom stereocenters. The minimum atomic E-state index is -3.97. The fraction of sp³-hybridized carbons (Fsp3) is 0.500. The Kier molecular flexibility index (Phi) is 7.47. The van der Waals surface area contributed by atoms with E-state index in [2.05, 4.69) is 0 Å². The molecular formula is C14H21FN2O6S2. The maximum atomic E-state index is 12.9. The Hall–Kier alpha value is -1.56. The van der Waals surface area contributed by atoms with Crippen LogP contribution in [-0.4, -0.2) is 69.0 Å². The highest BCUT2D eigenvalue weighted by molar-refractivity contribution is 7.90. The van der Waals surface area contributed by atoms with E-state index in [1.165, 1.54) is 7.05 Å². The number of nitrogens with zero attached hydrogens (tertiary/aromatic N) is 2. The second kappa shape index (κ2) is 8.70. The van der Waals surface area contributed by atoms with Crippen molar-refractivity contribution in [2.45, 2.75) is 18.2 Å². The van der Waals surface area contributed by atoms with Crippen LogP contribution in [0, 0.1) is 5.82 Å². The topological polar surface area (TPSA) is 112 Å². The van der Waals surface area contributed by atoms with Crippen molar-refractivity contribution in [2.75, 3.05) is 32.4 Å². The number of halogens is 1. The highest BCUT2D eigenvalue weighted by Crippen LogP contribution is 2.15. The van der Waals surface area contributed by atoms with Crippen molar-refractivity contribution >= 4 is 26.0 Å². The first-order valence-electron chi connectivity index (χ1n) is 7.42. The van der Waals surface area contributed by atoms with E-state index in [1.54, 1.807) is 6.92 Å². The van der Waals surface area contributed by atoms with Crippen LogP contribution in [0.5, 0.6) is 0 Å². The Balaban J connectivity index is 2.86. The van der Waals surface area contributed by atoms with Crippen LogP contribution >= 0.6 is 0 Å². The summed E-state index contributed by atoms with van der Waals surface area (Å²) in [5, 5.41) is 8.81. The number of sulfonamides is 2. The Labute approximate surface area is 147 Å². The predicted molar refractivity (Wildman–Crippen MR) is 89.5 cm³/mol. The lowest BCUT2D eigenvalue weighted by atomic mass is 10.4. The number of carboxylic acids is 1. The van der Waals surface area contributed by atoms with Crippen LogP contribution in [0.1, 0.15) is 13.3 Å². The molecule has 0 aromatic heterocycles. The molecule has 0 radical (unpaired) electrons. The first-order chi connectivity index (χ1) is 11.5. The average molecular weight is 396 g/mol. The largest absolute Gasteiger partial charge is 0.480 e. The van der Waals surface area contributed by atoms with E-state index in [1.807, 2.05) is 0 Å². The lowest BCUT2D eigenvalue weighted by Gasteiger charge is -2.22. The second-order valence-corrected chi connectivity index (χ2v) is 9.46. The van der Waals surface area contributed by atoms with Gasteiger partial charge < -0.3 is 5.11 Å². The molecule has 142 valence electrons. The smallest absolute Gasteiger partial charge is 0.318 e. The Morgan fingerprint density at radius 3 is 2.16 bits per heavy atom. The number of rotatable bonds is 10. The molecule has 1 aromatic carbocycles. The van der Waals surface area contributed by atoms with Gasteiger partial charge in [-0.05, 0) is 30.7 Å². The number of hydrogen-bond acceptors (Lipinski definition) is 5. The quantitative estimate of drug-likeness (QED) is 0.619. The van der Waals surface area contributed by atoms with Gasteiger partial charge in [0.1, 0.15) is 12.4 Å². The molecule has 0 saturated heterocycles. The molecule has 25 heavy (non-hydrogen) atoms. The molecule has 0 amide bonds. The van der Waals surface area contributed by atoms with Crippen LogP contribution in [0.3, 0.4) is 0 Å². The number of benzene rings is 1. The zero-order valence-corrected chi connectivity index (χ0v) is 15.6. The Bertz CT molecular complexity index is 793. The van der Waals surface area contributed by atoms with Gasteiger partial charge in [0.15, 0.2) is 0 Å². The summed E-state index contributed by atoms with van der Waals surface area (Å²) in [6.45, 7) is 0.699. The van der Waals surface area contributed by atoms with Gasteiger partial charge in [-0.1, -0.05) is 6.92 Å². The summed E-state index contributed by atoms with van der Waals surface area (Å²) < 4.78 is 63.7. The second-order valence-electron chi connectivity index (χ2n) is 5.32. The number of carbonyl (C=O) groups is 1. The Morgan fingerprint density at radius 2 is 1.68 bits per heavy atom. The van der Waals surface area contributed by atoms with Crippen molar-refractivity contribution in [3.63, 3.8) is 0 Å². The first kappa shape index (κ1) is 21.5. The standard InChI is InChI=1S/C14H21FN2O6S2/c1-3-8-17(11-14(18)19)24(20,21)10-9-16(2)25(22,23)13-6-4-12(15)5-7-13/h4-7H,3,8-11H2,1-2H3,(H,18,19). The van der Waals surface area contributed by atoms with Gasteiger partial charge in [-0.3, -0.25) is 4.79 Å². The van der Waals surface area contributed by atoms with Crippen molar-refractivity contribution in [1.82, 2.24) is 8.61 Å². The molecule has 0 saturated carbocycles. The molecule has 0 aliphatic rings. The van der Waals surface area contributed by atoms with E-state index in [9.17, 15) is 26.0 Å². The zero-order chi connectivity index (χ0) is 19.3. The van der Waals surface area contributed by atoms with Crippen LogP contribution in [-0.2, 0) is 24.8 Å². The van der Waals surface area contributed by atoms with Crippen LogP contribution in [0.4, 0.5) is 4.39 Å². The Morgan fingerprint density at radius 1 is 1.12 bits per heavy atom. The monoisotopic (exact) mass is 396 g/mol. The van der Waals surface area contributed by atoms with Crippen LogP contribution in [0.2, 0.25) is 0 Å². The maximum absolute atomic E-state index is 12.9. The summed E-state index contributed by atoms with van der Waals surface area (Å²) in [6.07, 6.45) is 0.427. The molecule has 0 atom stereocenters. The average Bonchev–Trinajstić information content (AvgIpc) is 2.52. The molecule has 0 aliphatic heterocycles. The number of hydrogen-bond donors (Lipinski definition) is 1. The number of carboxylic acid groups (broad SMARTS) is 1. The van der Waals surface area contributed by atoms with E-state index in [-0.39, 0.29) is 18.0 Å². The van der Waals surface area contributed by atoms with Gasteiger partial charge in [-0.2, -0.15) is 8.61 Å². The highest BCUT2D eigenvalue weighted by Gasteiger charge is 2.27. The van der Waals surface area contributed by atoms with Crippen molar-refractivity contribution in [3.8, 4) is 0 Å². The fourth-order valence-electron chi connectivity index (χ4n) is 2.00. The van der Waals surface area contributed by atoms with Crippen molar-refractivity contribution in [1.29, 1.82) is 0 Å². The van der Waals surface area contributed by atoms with Gasteiger partial charge in [0.05, 0.1) is 10.6 Å². The fourth-order valence-corrected chi connectivity index (χ4v) is 4.81. The third-order valence-corrected chi connectivity index (χ3v) is 7.03. The van der Waals surface area contributed by atoms with E-state index >= 15 is 0 Å². The minimum Gasteiger partial charge on any atom is -0.480 e. The van der Waals surface area contributed by atoms with E-state index < -0.39 is 44.1 Å². The van der Waals surface area contributed by atoms with Crippen LogP contribution < -0.4 is 0 Å². The summed E-state index contributed by atoms with van der Waals surface area (Å²) in [5.41, 5.74) is 0. The maximum Gasteiger partial charge on any atom is 0.318 e. The molecule has 1 rings (SSSR count). The van der Waals surface area contributed by atoms with Gasteiger partial charge in [0.2, 0.25) is 20.0 Å². The molecule has 0 heterocycles. The molecule has 0 aliphatic carbocycles. The molecule has 1 N–H and O–H groups in total. The molecule has 0 fully saturated rings. The van der Waals surface area contributed by atoms with Gasteiger partial charge >= 0.3 is 5.97 Å². The molecule has 0 bridgehead atoms. The summed E-state index contributed by atoms with van der Waals surface area (Å²) in [6, 6.07) is 4.16. The summed E-state index contributed by atoms with van der Waals surface area (Å²) in [7, 11) is -6.71. The molecule has 1 aromatic rings. The van der Waals surface area contributed by atoms with E-state index in [4.69, 9.17) is 5.11 Å². The summed E-state index contributed by atoms with van der Waals surface area (Å²) in [4.78, 5) is 10.6. The van der Waals surface area contributed by atoms with Gasteiger partial charge in [0.25, 0.3) is 0 Å². The molecular weight excluding hydrogens is 375 g/mol.